The Morgan fingerprint density at radius 3 is 2.47 bits per heavy atom. The van der Waals surface area contributed by atoms with Gasteiger partial charge < -0.3 is 19.5 Å². The van der Waals surface area contributed by atoms with Gasteiger partial charge in [-0.25, -0.2) is 4.79 Å². The van der Waals surface area contributed by atoms with E-state index in [-0.39, 0.29) is 24.4 Å². The molecule has 0 saturated heterocycles. The Balaban J connectivity index is 2.05. The van der Waals surface area contributed by atoms with Gasteiger partial charge >= 0.3 is 6.03 Å². The lowest BCUT2D eigenvalue weighted by molar-refractivity contribution is -0.132. The topological polar surface area (TPSA) is 65.8 Å². The zero-order valence-corrected chi connectivity index (χ0v) is 18.5. The van der Waals surface area contributed by atoms with Gasteiger partial charge in [0.1, 0.15) is 12.3 Å². The first-order chi connectivity index (χ1) is 14.5. The first-order valence-electron chi connectivity index (χ1n) is 10.9. The third kappa shape index (κ3) is 8.31. The summed E-state index contributed by atoms with van der Waals surface area (Å²) in [4.78, 5) is 29.2. The number of hydrogen-bond donors (Lipinski definition) is 1. The van der Waals surface area contributed by atoms with Crippen LogP contribution in [0.3, 0.4) is 0 Å². The first-order valence-corrected chi connectivity index (χ1v) is 10.9. The minimum Gasteiger partial charge on any atom is -0.467 e. The summed E-state index contributed by atoms with van der Waals surface area (Å²) in [5.41, 5.74) is 1.17. The molecule has 6 nitrogen and oxygen atoms in total. The van der Waals surface area contributed by atoms with Gasteiger partial charge in [0.05, 0.1) is 12.8 Å². The second kappa shape index (κ2) is 12.7. The van der Waals surface area contributed by atoms with Gasteiger partial charge in [0.15, 0.2) is 0 Å². The van der Waals surface area contributed by atoms with Crippen LogP contribution in [0, 0.1) is 5.92 Å². The lowest BCUT2D eigenvalue weighted by atomic mass is 10.1. The van der Waals surface area contributed by atoms with Crippen molar-refractivity contribution in [1.29, 1.82) is 0 Å². The molecule has 1 N–H and O–H groups in total. The molecule has 0 spiro atoms. The number of rotatable bonds is 12. The molecule has 2 aromatic rings. The zero-order valence-electron chi connectivity index (χ0n) is 18.5. The van der Waals surface area contributed by atoms with Crippen molar-refractivity contribution >= 4 is 11.9 Å². The van der Waals surface area contributed by atoms with E-state index in [9.17, 15) is 9.59 Å². The molecule has 0 radical (unpaired) electrons. The summed E-state index contributed by atoms with van der Waals surface area (Å²) >= 11 is 0. The molecule has 30 heavy (non-hydrogen) atoms. The third-order valence-electron chi connectivity index (χ3n) is 4.80. The fourth-order valence-corrected chi connectivity index (χ4v) is 3.20. The summed E-state index contributed by atoms with van der Waals surface area (Å²) in [5, 5.41) is 2.93. The third-order valence-corrected chi connectivity index (χ3v) is 4.80. The Morgan fingerprint density at radius 2 is 1.83 bits per heavy atom. The van der Waals surface area contributed by atoms with Gasteiger partial charge in [0, 0.05) is 19.6 Å². The van der Waals surface area contributed by atoms with Crippen LogP contribution < -0.4 is 5.32 Å². The molecule has 0 aliphatic heterocycles. The number of benzene rings is 1. The number of nitrogens with one attached hydrogen (secondary N) is 1. The summed E-state index contributed by atoms with van der Waals surface area (Å²) in [6, 6.07) is 13.6. The molecule has 1 heterocycles. The van der Waals surface area contributed by atoms with Crippen LogP contribution in [0.4, 0.5) is 4.79 Å². The van der Waals surface area contributed by atoms with Crippen LogP contribution in [0.5, 0.6) is 0 Å². The van der Waals surface area contributed by atoms with Crippen molar-refractivity contribution in [3.63, 3.8) is 0 Å². The highest BCUT2D eigenvalue weighted by Gasteiger charge is 2.22. The van der Waals surface area contributed by atoms with Crippen LogP contribution in [0.1, 0.15) is 44.9 Å². The highest BCUT2D eigenvalue weighted by molar-refractivity contribution is 5.84. The fraction of sp³-hybridized carbons (Fsp3) is 0.500. The van der Waals surface area contributed by atoms with Gasteiger partial charge in [0.25, 0.3) is 0 Å². The molecular formula is C24H35N3O3. The quantitative estimate of drug-likeness (QED) is 0.527. The highest BCUT2D eigenvalue weighted by Crippen LogP contribution is 2.10. The molecule has 3 amide bonds. The normalized spacial score (nSPS) is 10.8. The number of carbonyl (C=O) groups excluding carboxylic acids is 2. The number of amides is 3. The van der Waals surface area contributed by atoms with Crippen LogP contribution in [0.2, 0.25) is 0 Å². The SMILES string of the molecule is CCCCNC(=O)N(CC(=O)N(CCc1ccccc1)Cc1ccco1)CC(C)C. The fourth-order valence-electron chi connectivity index (χ4n) is 3.20. The second-order valence-electron chi connectivity index (χ2n) is 7.99. The molecule has 0 fully saturated rings. The smallest absolute Gasteiger partial charge is 0.317 e. The van der Waals surface area contributed by atoms with E-state index in [2.05, 4.69) is 24.4 Å². The Bertz CT molecular complexity index is 744. The number of unbranched alkanes of at least 4 members (excludes halogenated alkanes) is 1. The summed E-state index contributed by atoms with van der Waals surface area (Å²) in [5.74, 6) is 0.936. The Kier molecular flexibility index (Phi) is 9.98. The summed E-state index contributed by atoms with van der Waals surface area (Å²) in [6.07, 6.45) is 4.30. The standard InChI is InChI=1S/C24H35N3O3/c1-4-5-14-25-24(29)27(17-20(2)3)19-23(28)26(18-22-12-9-16-30-22)15-13-21-10-7-6-8-11-21/h6-12,16,20H,4-5,13-15,17-19H2,1-3H3,(H,25,29). The minimum atomic E-state index is -0.175. The number of furan rings is 1. The van der Waals surface area contributed by atoms with E-state index in [4.69, 9.17) is 4.42 Å². The van der Waals surface area contributed by atoms with Crippen molar-refractivity contribution in [3.8, 4) is 0 Å². The first kappa shape index (κ1) is 23.5. The largest absolute Gasteiger partial charge is 0.467 e. The van der Waals surface area contributed by atoms with Gasteiger partial charge in [-0.15, -0.1) is 0 Å². The highest BCUT2D eigenvalue weighted by atomic mass is 16.3. The summed E-state index contributed by atoms with van der Waals surface area (Å²) in [6.45, 7) is 8.37. The molecule has 0 bridgehead atoms. The number of hydrogen-bond acceptors (Lipinski definition) is 3. The van der Waals surface area contributed by atoms with Crippen molar-refractivity contribution in [3.05, 3.63) is 60.1 Å². The number of nitrogens with zero attached hydrogens (tertiary/aromatic N) is 2. The summed E-state index contributed by atoms with van der Waals surface area (Å²) < 4.78 is 5.46. The van der Waals surface area contributed by atoms with E-state index < -0.39 is 0 Å². The average molecular weight is 414 g/mol. The van der Waals surface area contributed by atoms with Gasteiger partial charge in [-0.05, 0) is 36.5 Å². The monoisotopic (exact) mass is 413 g/mol. The van der Waals surface area contributed by atoms with Crippen LogP contribution in [-0.2, 0) is 17.8 Å². The van der Waals surface area contributed by atoms with E-state index in [0.717, 1.165) is 25.0 Å². The van der Waals surface area contributed by atoms with Gasteiger partial charge in [-0.1, -0.05) is 57.5 Å². The molecule has 164 valence electrons. The van der Waals surface area contributed by atoms with E-state index in [0.29, 0.717) is 26.2 Å². The van der Waals surface area contributed by atoms with Crippen LogP contribution in [-0.4, -0.2) is 47.9 Å². The molecule has 0 saturated carbocycles. The number of carbonyl (C=O) groups is 2. The van der Waals surface area contributed by atoms with E-state index in [1.165, 1.54) is 5.56 Å². The van der Waals surface area contributed by atoms with Crippen LogP contribution >= 0.6 is 0 Å². The Morgan fingerprint density at radius 1 is 1.07 bits per heavy atom. The molecule has 0 atom stereocenters. The molecule has 1 aromatic carbocycles. The molecule has 1 aromatic heterocycles. The predicted octanol–water partition coefficient (Wildman–Crippen LogP) is 4.32. The van der Waals surface area contributed by atoms with Crippen molar-refractivity contribution in [2.75, 3.05) is 26.2 Å². The van der Waals surface area contributed by atoms with Gasteiger partial charge in [0.2, 0.25) is 5.91 Å². The van der Waals surface area contributed by atoms with Crippen molar-refractivity contribution in [2.45, 2.75) is 46.6 Å². The van der Waals surface area contributed by atoms with E-state index >= 15 is 0 Å². The second-order valence-corrected chi connectivity index (χ2v) is 7.99. The molecule has 6 heteroatoms. The maximum absolute atomic E-state index is 13.2. The average Bonchev–Trinajstić information content (AvgIpc) is 3.24. The number of urea groups is 1. The van der Waals surface area contributed by atoms with Crippen LogP contribution in [0.25, 0.3) is 0 Å². The Hall–Kier alpha value is -2.76. The summed E-state index contributed by atoms with van der Waals surface area (Å²) in [7, 11) is 0. The predicted molar refractivity (Wildman–Crippen MR) is 119 cm³/mol. The molecule has 0 aliphatic rings. The zero-order chi connectivity index (χ0) is 21.8. The van der Waals surface area contributed by atoms with Crippen LogP contribution in [0.15, 0.2) is 53.1 Å². The van der Waals surface area contributed by atoms with Crippen molar-refractivity contribution in [1.82, 2.24) is 15.1 Å². The molecular weight excluding hydrogens is 378 g/mol. The van der Waals surface area contributed by atoms with Crippen molar-refractivity contribution in [2.24, 2.45) is 5.92 Å². The van der Waals surface area contributed by atoms with Gasteiger partial charge in [-0.3, -0.25) is 4.79 Å². The maximum atomic E-state index is 13.2. The minimum absolute atomic E-state index is 0.0611. The maximum Gasteiger partial charge on any atom is 0.317 e. The molecule has 0 unspecified atom stereocenters. The lowest BCUT2D eigenvalue weighted by Crippen LogP contribution is -2.48. The van der Waals surface area contributed by atoms with E-state index in [1.807, 2.05) is 44.2 Å². The van der Waals surface area contributed by atoms with Gasteiger partial charge in [-0.2, -0.15) is 0 Å². The lowest BCUT2D eigenvalue weighted by Gasteiger charge is -2.28. The van der Waals surface area contributed by atoms with E-state index in [1.54, 1.807) is 16.1 Å². The molecule has 0 aliphatic carbocycles. The van der Waals surface area contributed by atoms with Crippen molar-refractivity contribution < 1.29 is 14.0 Å². The molecule has 2 rings (SSSR count). The Labute approximate surface area is 180 Å².